The Balaban J connectivity index is 2.11. The number of hydrogen-bond donors (Lipinski definition) is 0. The minimum absolute atomic E-state index is 0.0438. The monoisotopic (exact) mass is 433 g/mol. The maximum Gasteiger partial charge on any atom is 0.265 e. The van der Waals surface area contributed by atoms with E-state index in [1.54, 1.807) is 20.2 Å². The molecule has 0 bridgehead atoms. The Morgan fingerprint density at radius 3 is 2.34 bits per heavy atom. The molecule has 0 radical (unpaired) electrons. The zero-order chi connectivity index (χ0) is 21.7. The standard InChI is InChI=1S/C22H28ClN3O2S/c1-7-8-26-18-11-17(23)14(9-15(18)13(2)12-22(26,3)4)10-16-19(27)24(5)21(29)25(6)20(16)28/h9-11,13H,7-8,12H2,1-6H3. The first-order chi connectivity index (χ1) is 13.5. The topological polar surface area (TPSA) is 43.9 Å². The van der Waals surface area contributed by atoms with Gasteiger partial charge < -0.3 is 4.90 Å². The summed E-state index contributed by atoms with van der Waals surface area (Å²) in [5.74, 6) is -0.472. The summed E-state index contributed by atoms with van der Waals surface area (Å²) >= 11 is 11.8. The normalized spacial score (nSPS) is 21.6. The molecular formula is C22H28ClN3O2S. The quantitative estimate of drug-likeness (QED) is 0.401. The van der Waals surface area contributed by atoms with Crippen LogP contribution in [0.2, 0.25) is 5.02 Å². The van der Waals surface area contributed by atoms with Gasteiger partial charge >= 0.3 is 0 Å². The number of fused-ring (bicyclic) bond motifs is 1. The van der Waals surface area contributed by atoms with Gasteiger partial charge in [0, 0.05) is 36.9 Å². The minimum Gasteiger partial charge on any atom is -0.366 e. The molecule has 0 spiro atoms. The van der Waals surface area contributed by atoms with Crippen molar-refractivity contribution in [1.29, 1.82) is 0 Å². The molecule has 1 aromatic rings. The number of anilines is 1. The van der Waals surface area contributed by atoms with E-state index in [0.717, 1.165) is 25.1 Å². The maximum atomic E-state index is 12.7. The van der Waals surface area contributed by atoms with E-state index in [1.165, 1.54) is 15.4 Å². The van der Waals surface area contributed by atoms with Gasteiger partial charge in [-0.25, -0.2) is 0 Å². The summed E-state index contributed by atoms with van der Waals surface area (Å²) in [6, 6.07) is 4.01. The van der Waals surface area contributed by atoms with Gasteiger partial charge in [0.25, 0.3) is 11.8 Å². The smallest absolute Gasteiger partial charge is 0.265 e. The van der Waals surface area contributed by atoms with E-state index in [2.05, 4.69) is 32.6 Å². The molecule has 1 fully saturated rings. The highest BCUT2D eigenvalue weighted by Gasteiger charge is 2.38. The van der Waals surface area contributed by atoms with E-state index in [1.807, 2.05) is 12.1 Å². The van der Waals surface area contributed by atoms with Crippen LogP contribution in [-0.2, 0) is 9.59 Å². The number of likely N-dealkylation sites (N-methyl/N-ethyl adjacent to an activating group) is 2. The van der Waals surface area contributed by atoms with E-state index in [0.29, 0.717) is 16.5 Å². The molecule has 0 aliphatic carbocycles. The van der Waals surface area contributed by atoms with Gasteiger partial charge in [0.1, 0.15) is 5.57 Å². The zero-order valence-electron chi connectivity index (χ0n) is 17.9. The molecule has 29 heavy (non-hydrogen) atoms. The number of nitrogens with zero attached hydrogens (tertiary/aromatic N) is 3. The Labute approximate surface area is 183 Å². The lowest BCUT2D eigenvalue weighted by atomic mass is 9.79. The Kier molecular flexibility index (Phi) is 5.80. The average Bonchev–Trinajstić information content (AvgIpc) is 2.65. The summed E-state index contributed by atoms with van der Waals surface area (Å²) in [5, 5.41) is 0.723. The van der Waals surface area contributed by atoms with Gasteiger partial charge in [-0.2, -0.15) is 0 Å². The van der Waals surface area contributed by atoms with Gasteiger partial charge in [-0.1, -0.05) is 25.4 Å². The third-order valence-electron chi connectivity index (χ3n) is 5.90. The van der Waals surface area contributed by atoms with Gasteiger partial charge in [0.2, 0.25) is 0 Å². The molecule has 1 unspecified atom stereocenters. The van der Waals surface area contributed by atoms with E-state index < -0.39 is 11.8 Å². The van der Waals surface area contributed by atoms with Crippen LogP contribution in [0.3, 0.4) is 0 Å². The fourth-order valence-corrected chi connectivity index (χ4v) is 4.79. The second-order valence-electron chi connectivity index (χ2n) is 8.57. The summed E-state index contributed by atoms with van der Waals surface area (Å²) in [6.45, 7) is 9.87. The zero-order valence-corrected chi connectivity index (χ0v) is 19.4. The van der Waals surface area contributed by atoms with Crippen molar-refractivity contribution < 1.29 is 9.59 Å². The summed E-state index contributed by atoms with van der Waals surface area (Å²) in [6.07, 6.45) is 3.66. The van der Waals surface area contributed by atoms with E-state index in [-0.39, 0.29) is 16.2 Å². The van der Waals surface area contributed by atoms with Crippen LogP contribution in [0, 0.1) is 0 Å². The van der Waals surface area contributed by atoms with Crippen molar-refractivity contribution in [2.24, 2.45) is 0 Å². The molecule has 2 aliphatic rings. The lowest BCUT2D eigenvalue weighted by Gasteiger charge is -2.47. The van der Waals surface area contributed by atoms with Crippen molar-refractivity contribution in [3.63, 3.8) is 0 Å². The van der Waals surface area contributed by atoms with Crippen LogP contribution < -0.4 is 4.90 Å². The SMILES string of the molecule is CCCN1c2cc(Cl)c(C=C3C(=O)N(C)C(=S)N(C)C3=O)cc2C(C)CC1(C)C. The lowest BCUT2D eigenvalue weighted by molar-refractivity contribution is -0.132. The van der Waals surface area contributed by atoms with Gasteiger partial charge in [-0.15, -0.1) is 0 Å². The van der Waals surface area contributed by atoms with Crippen LogP contribution in [0.4, 0.5) is 5.69 Å². The van der Waals surface area contributed by atoms with Crippen molar-refractivity contribution in [2.45, 2.75) is 52.0 Å². The number of amides is 2. The summed E-state index contributed by atoms with van der Waals surface area (Å²) in [5.41, 5.74) is 3.13. The minimum atomic E-state index is -0.409. The van der Waals surface area contributed by atoms with Crippen LogP contribution in [0.15, 0.2) is 17.7 Å². The highest BCUT2D eigenvalue weighted by atomic mass is 35.5. The fraction of sp³-hybridized carbons (Fsp3) is 0.500. The molecule has 5 nitrogen and oxygen atoms in total. The number of carbonyl (C=O) groups is 2. The van der Waals surface area contributed by atoms with Crippen molar-refractivity contribution in [2.75, 3.05) is 25.5 Å². The molecule has 1 saturated heterocycles. The number of carbonyl (C=O) groups excluding carboxylic acids is 2. The molecule has 0 saturated carbocycles. The molecule has 1 aromatic carbocycles. The largest absolute Gasteiger partial charge is 0.366 e. The highest BCUT2D eigenvalue weighted by molar-refractivity contribution is 7.80. The molecular weight excluding hydrogens is 406 g/mol. The Bertz CT molecular complexity index is 899. The second-order valence-corrected chi connectivity index (χ2v) is 9.34. The van der Waals surface area contributed by atoms with Crippen LogP contribution in [0.1, 0.15) is 57.6 Å². The predicted octanol–water partition coefficient (Wildman–Crippen LogP) is 4.44. The number of thiocarbonyl (C=S) groups is 1. The first-order valence-corrected chi connectivity index (χ1v) is 10.7. The van der Waals surface area contributed by atoms with Crippen molar-refractivity contribution in [1.82, 2.24) is 9.80 Å². The molecule has 0 N–H and O–H groups in total. The Morgan fingerprint density at radius 1 is 1.21 bits per heavy atom. The van der Waals surface area contributed by atoms with E-state index in [4.69, 9.17) is 23.8 Å². The van der Waals surface area contributed by atoms with Crippen LogP contribution >= 0.6 is 23.8 Å². The summed E-state index contributed by atoms with van der Waals surface area (Å²) in [4.78, 5) is 30.3. The third kappa shape index (κ3) is 3.68. The molecule has 156 valence electrons. The van der Waals surface area contributed by atoms with E-state index >= 15 is 0 Å². The number of benzene rings is 1. The van der Waals surface area contributed by atoms with Crippen LogP contribution in [0.25, 0.3) is 6.08 Å². The molecule has 7 heteroatoms. The molecule has 2 amide bonds. The molecule has 1 atom stereocenters. The Morgan fingerprint density at radius 2 is 1.79 bits per heavy atom. The molecule has 3 rings (SSSR count). The third-order valence-corrected chi connectivity index (χ3v) is 6.77. The fourth-order valence-electron chi connectivity index (χ4n) is 4.41. The lowest BCUT2D eigenvalue weighted by Crippen LogP contribution is -2.52. The average molecular weight is 434 g/mol. The van der Waals surface area contributed by atoms with Gasteiger partial charge in [-0.05, 0) is 74.2 Å². The van der Waals surface area contributed by atoms with Crippen molar-refractivity contribution >= 4 is 52.5 Å². The number of halogens is 1. The predicted molar refractivity (Wildman–Crippen MR) is 122 cm³/mol. The Hall–Kier alpha value is -1.92. The molecule has 2 aliphatic heterocycles. The second kappa shape index (κ2) is 7.73. The number of rotatable bonds is 3. The van der Waals surface area contributed by atoms with Crippen LogP contribution in [0.5, 0.6) is 0 Å². The van der Waals surface area contributed by atoms with Gasteiger partial charge in [0.15, 0.2) is 5.11 Å². The van der Waals surface area contributed by atoms with Gasteiger partial charge in [-0.3, -0.25) is 19.4 Å². The molecule has 0 aromatic heterocycles. The van der Waals surface area contributed by atoms with Crippen molar-refractivity contribution in [3.05, 3.63) is 33.9 Å². The van der Waals surface area contributed by atoms with Crippen molar-refractivity contribution in [3.8, 4) is 0 Å². The van der Waals surface area contributed by atoms with Gasteiger partial charge in [0.05, 0.1) is 0 Å². The summed E-state index contributed by atoms with van der Waals surface area (Å²) in [7, 11) is 3.14. The highest BCUT2D eigenvalue weighted by Crippen LogP contribution is 2.45. The number of hydrogen-bond acceptors (Lipinski definition) is 4. The van der Waals surface area contributed by atoms with E-state index in [9.17, 15) is 9.59 Å². The van der Waals surface area contributed by atoms with Crippen LogP contribution in [-0.4, -0.2) is 52.9 Å². The maximum absolute atomic E-state index is 12.7. The molecule has 2 heterocycles. The summed E-state index contributed by atoms with van der Waals surface area (Å²) < 4.78 is 0. The first-order valence-electron chi connectivity index (χ1n) is 9.92. The first kappa shape index (κ1) is 21.8.